The highest BCUT2D eigenvalue weighted by atomic mass is 16.5. The van der Waals surface area contributed by atoms with Gasteiger partial charge in [0.2, 0.25) is 0 Å². The second kappa shape index (κ2) is 6.85. The van der Waals surface area contributed by atoms with Crippen molar-refractivity contribution in [2.24, 2.45) is 0 Å². The fourth-order valence-electron chi connectivity index (χ4n) is 1.52. The van der Waals surface area contributed by atoms with Gasteiger partial charge in [-0.25, -0.2) is 0 Å². The van der Waals surface area contributed by atoms with E-state index in [4.69, 9.17) is 14.2 Å². The first-order chi connectivity index (χ1) is 8.22. The number of methoxy groups -OCH3 is 3. The summed E-state index contributed by atoms with van der Waals surface area (Å²) >= 11 is 0. The maximum absolute atomic E-state index is 11.3. The van der Waals surface area contributed by atoms with Crippen LogP contribution in [0.25, 0.3) is 0 Å². The van der Waals surface area contributed by atoms with Crippen LogP contribution < -0.4 is 9.47 Å². The van der Waals surface area contributed by atoms with Crippen molar-refractivity contribution < 1.29 is 19.0 Å². The fourth-order valence-corrected chi connectivity index (χ4v) is 1.52. The molecule has 1 aromatic heterocycles. The second-order valence-corrected chi connectivity index (χ2v) is 3.46. The number of Topliss-reactive ketones (excluding diaryl/α,β-unsaturated/α-hetero) is 1. The Hall–Kier alpha value is -1.62. The summed E-state index contributed by atoms with van der Waals surface area (Å²) in [6.45, 7) is 0.131. The molecule has 0 atom stereocenters. The molecule has 0 aliphatic heterocycles. The molecule has 17 heavy (non-hydrogen) atoms. The predicted molar refractivity (Wildman–Crippen MR) is 62.5 cm³/mol. The van der Waals surface area contributed by atoms with Gasteiger partial charge >= 0.3 is 0 Å². The Morgan fingerprint density at radius 3 is 2.65 bits per heavy atom. The van der Waals surface area contributed by atoms with Gasteiger partial charge in [-0.05, 0) is 0 Å². The minimum atomic E-state index is 0.0409. The molecule has 1 rings (SSSR count). The Kier molecular flexibility index (Phi) is 5.42. The van der Waals surface area contributed by atoms with Crippen molar-refractivity contribution in [1.29, 1.82) is 0 Å². The molecule has 5 heteroatoms. The lowest BCUT2D eigenvalue weighted by atomic mass is 10.1. The van der Waals surface area contributed by atoms with E-state index >= 15 is 0 Å². The van der Waals surface area contributed by atoms with Gasteiger partial charge in [0.25, 0.3) is 0 Å². The SMILES string of the molecule is COCC(=O)CCc1nccc(OC)c1OC. The highest BCUT2D eigenvalue weighted by Gasteiger charge is 2.12. The summed E-state index contributed by atoms with van der Waals surface area (Å²) in [5.74, 6) is 1.25. The van der Waals surface area contributed by atoms with Crippen molar-refractivity contribution in [2.75, 3.05) is 27.9 Å². The number of carbonyl (C=O) groups excluding carboxylic acids is 1. The predicted octanol–water partition coefficient (Wildman–Crippen LogP) is 1.25. The molecule has 0 radical (unpaired) electrons. The number of carbonyl (C=O) groups is 1. The van der Waals surface area contributed by atoms with E-state index in [9.17, 15) is 4.79 Å². The first-order valence-electron chi connectivity index (χ1n) is 5.29. The van der Waals surface area contributed by atoms with Crippen molar-refractivity contribution in [3.8, 4) is 11.5 Å². The molecule has 0 aliphatic carbocycles. The molecule has 1 heterocycles. The normalized spacial score (nSPS) is 10.1. The Labute approximate surface area is 101 Å². The molecule has 0 saturated heterocycles. The summed E-state index contributed by atoms with van der Waals surface area (Å²) in [6.07, 6.45) is 2.53. The fraction of sp³-hybridized carbons (Fsp3) is 0.500. The van der Waals surface area contributed by atoms with Crippen LogP contribution in [0.3, 0.4) is 0 Å². The zero-order valence-electron chi connectivity index (χ0n) is 10.4. The van der Waals surface area contributed by atoms with E-state index in [1.54, 1.807) is 26.5 Å². The second-order valence-electron chi connectivity index (χ2n) is 3.46. The van der Waals surface area contributed by atoms with E-state index < -0.39 is 0 Å². The maximum atomic E-state index is 11.3. The zero-order chi connectivity index (χ0) is 12.7. The number of ketones is 1. The van der Waals surface area contributed by atoms with Crippen LogP contribution in [0.4, 0.5) is 0 Å². The molecular formula is C12H17NO4. The third-order valence-corrected chi connectivity index (χ3v) is 2.31. The molecule has 0 aromatic carbocycles. The van der Waals surface area contributed by atoms with Crippen molar-refractivity contribution in [1.82, 2.24) is 4.98 Å². The number of hydrogen-bond acceptors (Lipinski definition) is 5. The van der Waals surface area contributed by atoms with Gasteiger partial charge in [-0.15, -0.1) is 0 Å². The molecule has 0 aliphatic rings. The molecule has 0 bridgehead atoms. The number of pyridine rings is 1. The summed E-state index contributed by atoms with van der Waals surface area (Å²) in [5.41, 5.74) is 0.719. The molecule has 0 fully saturated rings. The van der Waals surface area contributed by atoms with Crippen LogP contribution in [0.5, 0.6) is 11.5 Å². The van der Waals surface area contributed by atoms with E-state index in [1.165, 1.54) is 7.11 Å². The third-order valence-electron chi connectivity index (χ3n) is 2.31. The van der Waals surface area contributed by atoms with Crippen LogP contribution in [0, 0.1) is 0 Å². The number of nitrogens with zero attached hydrogens (tertiary/aromatic N) is 1. The molecule has 5 nitrogen and oxygen atoms in total. The number of ether oxygens (including phenoxy) is 3. The number of hydrogen-bond donors (Lipinski definition) is 0. The summed E-state index contributed by atoms with van der Waals surface area (Å²) < 4.78 is 15.2. The largest absolute Gasteiger partial charge is 0.493 e. The smallest absolute Gasteiger partial charge is 0.182 e. The van der Waals surface area contributed by atoms with Crippen LogP contribution in [0.15, 0.2) is 12.3 Å². The molecular weight excluding hydrogens is 222 g/mol. The van der Waals surface area contributed by atoms with Gasteiger partial charge in [0.15, 0.2) is 17.3 Å². The lowest BCUT2D eigenvalue weighted by Gasteiger charge is -2.11. The lowest BCUT2D eigenvalue weighted by Crippen LogP contribution is -2.09. The van der Waals surface area contributed by atoms with Gasteiger partial charge in [0, 0.05) is 32.2 Å². The highest BCUT2D eigenvalue weighted by Crippen LogP contribution is 2.29. The Morgan fingerprint density at radius 2 is 2.06 bits per heavy atom. The summed E-state index contributed by atoms with van der Waals surface area (Å²) in [7, 11) is 4.62. The van der Waals surface area contributed by atoms with Gasteiger partial charge in [-0.3, -0.25) is 9.78 Å². The molecule has 0 unspecified atom stereocenters. The van der Waals surface area contributed by atoms with Gasteiger partial charge < -0.3 is 14.2 Å². The van der Waals surface area contributed by atoms with Crippen LogP contribution in [-0.4, -0.2) is 38.7 Å². The van der Waals surface area contributed by atoms with Gasteiger partial charge in [0.1, 0.15) is 6.61 Å². The summed E-state index contributed by atoms with van der Waals surface area (Å²) in [5, 5.41) is 0. The van der Waals surface area contributed by atoms with Crippen LogP contribution >= 0.6 is 0 Å². The first kappa shape index (κ1) is 13.4. The summed E-state index contributed by atoms with van der Waals surface area (Å²) in [6, 6.07) is 1.72. The van der Waals surface area contributed by atoms with Crippen LogP contribution in [-0.2, 0) is 16.0 Å². The van der Waals surface area contributed by atoms with Gasteiger partial charge in [-0.1, -0.05) is 0 Å². The van der Waals surface area contributed by atoms with E-state index in [1.807, 2.05) is 0 Å². The van der Waals surface area contributed by atoms with Gasteiger partial charge in [-0.2, -0.15) is 0 Å². The lowest BCUT2D eigenvalue weighted by molar-refractivity contribution is -0.122. The summed E-state index contributed by atoms with van der Waals surface area (Å²) in [4.78, 5) is 15.5. The van der Waals surface area contributed by atoms with Crippen molar-refractivity contribution in [3.63, 3.8) is 0 Å². The van der Waals surface area contributed by atoms with Crippen molar-refractivity contribution in [3.05, 3.63) is 18.0 Å². The first-order valence-corrected chi connectivity index (χ1v) is 5.29. The topological polar surface area (TPSA) is 57.7 Å². The Bertz CT molecular complexity index is 379. The average Bonchev–Trinajstić information content (AvgIpc) is 2.36. The number of aromatic nitrogens is 1. The quantitative estimate of drug-likeness (QED) is 0.716. The van der Waals surface area contributed by atoms with E-state index in [-0.39, 0.29) is 12.4 Å². The van der Waals surface area contributed by atoms with E-state index in [2.05, 4.69) is 4.98 Å². The monoisotopic (exact) mass is 239 g/mol. The molecule has 0 spiro atoms. The average molecular weight is 239 g/mol. The van der Waals surface area contributed by atoms with E-state index in [0.717, 1.165) is 5.69 Å². The number of aryl methyl sites for hydroxylation is 1. The van der Waals surface area contributed by atoms with Crippen LogP contribution in [0.2, 0.25) is 0 Å². The van der Waals surface area contributed by atoms with Crippen molar-refractivity contribution in [2.45, 2.75) is 12.8 Å². The Morgan fingerprint density at radius 1 is 1.29 bits per heavy atom. The van der Waals surface area contributed by atoms with Crippen molar-refractivity contribution >= 4 is 5.78 Å². The minimum absolute atomic E-state index is 0.0409. The Balaban J connectivity index is 2.73. The van der Waals surface area contributed by atoms with E-state index in [0.29, 0.717) is 24.3 Å². The molecule has 94 valence electrons. The maximum Gasteiger partial charge on any atom is 0.182 e. The standard InChI is InChI=1S/C12H17NO4/c1-15-8-9(14)4-5-10-12(17-3)11(16-2)6-7-13-10/h6-7H,4-5,8H2,1-3H3. The number of rotatable bonds is 7. The molecule has 1 aromatic rings. The zero-order valence-corrected chi connectivity index (χ0v) is 10.4. The minimum Gasteiger partial charge on any atom is -0.493 e. The molecule has 0 saturated carbocycles. The molecule has 0 amide bonds. The highest BCUT2D eigenvalue weighted by molar-refractivity contribution is 5.79. The van der Waals surface area contributed by atoms with Crippen LogP contribution in [0.1, 0.15) is 12.1 Å². The molecule has 0 N–H and O–H groups in total. The third kappa shape index (κ3) is 3.71. The van der Waals surface area contributed by atoms with Gasteiger partial charge in [0.05, 0.1) is 19.9 Å².